The lowest BCUT2D eigenvalue weighted by Crippen LogP contribution is -2.37. The van der Waals surface area contributed by atoms with Crippen LogP contribution in [0.25, 0.3) is 0 Å². The van der Waals surface area contributed by atoms with Crippen LogP contribution in [0.2, 0.25) is 0 Å². The third-order valence-corrected chi connectivity index (χ3v) is 4.31. The molecule has 150 valence electrons. The molecule has 2 aromatic rings. The monoisotopic (exact) mass is 386 g/mol. The Morgan fingerprint density at radius 1 is 0.929 bits per heavy atom. The molecule has 0 fully saturated rings. The highest BCUT2D eigenvalue weighted by Crippen LogP contribution is 2.27. The first kappa shape index (κ1) is 21.1. The lowest BCUT2D eigenvalue weighted by molar-refractivity contribution is -0.129. The number of nitrogens with one attached hydrogen (secondary N) is 1. The van der Waals surface area contributed by atoms with E-state index in [0.29, 0.717) is 36.7 Å². The van der Waals surface area contributed by atoms with Crippen molar-refractivity contribution in [3.63, 3.8) is 0 Å². The molecule has 0 radical (unpaired) electrons. The summed E-state index contributed by atoms with van der Waals surface area (Å²) in [6.07, 6.45) is 0. The highest BCUT2D eigenvalue weighted by molar-refractivity contribution is 5.94. The maximum atomic E-state index is 12.4. The normalized spacial score (nSPS) is 10.1. The summed E-state index contributed by atoms with van der Waals surface area (Å²) >= 11 is 0. The summed E-state index contributed by atoms with van der Waals surface area (Å²) in [5.74, 6) is 1.44. The Labute approximate surface area is 165 Å². The van der Waals surface area contributed by atoms with Crippen molar-refractivity contribution in [2.75, 3.05) is 34.4 Å². The topological polar surface area (TPSA) is 77.1 Å². The number of para-hydroxylation sites is 1. The first-order valence-corrected chi connectivity index (χ1v) is 8.87. The summed E-state index contributed by atoms with van der Waals surface area (Å²) in [6, 6.07) is 12.5. The Hall–Kier alpha value is -3.22. The Morgan fingerprint density at radius 3 is 2.25 bits per heavy atom. The third-order valence-electron chi connectivity index (χ3n) is 4.31. The molecule has 7 heteroatoms. The van der Waals surface area contributed by atoms with E-state index >= 15 is 0 Å². The molecule has 0 aromatic heterocycles. The van der Waals surface area contributed by atoms with E-state index in [9.17, 15) is 9.59 Å². The van der Waals surface area contributed by atoms with Crippen molar-refractivity contribution in [2.24, 2.45) is 0 Å². The van der Waals surface area contributed by atoms with E-state index in [0.717, 1.165) is 11.3 Å². The van der Waals surface area contributed by atoms with Crippen LogP contribution >= 0.6 is 0 Å². The van der Waals surface area contributed by atoms with Crippen LogP contribution in [0, 0.1) is 0 Å². The predicted molar refractivity (Wildman–Crippen MR) is 106 cm³/mol. The zero-order valence-corrected chi connectivity index (χ0v) is 16.7. The molecule has 28 heavy (non-hydrogen) atoms. The van der Waals surface area contributed by atoms with Gasteiger partial charge in [0.2, 0.25) is 5.91 Å². The van der Waals surface area contributed by atoms with Gasteiger partial charge in [-0.05, 0) is 24.3 Å². The van der Waals surface area contributed by atoms with Gasteiger partial charge < -0.3 is 24.4 Å². The second-order valence-electron chi connectivity index (χ2n) is 6.08. The maximum Gasteiger partial charge on any atom is 0.251 e. The molecule has 2 rings (SSSR count). The SMILES string of the molecule is COc1ccccc1CN(CCNC(=O)c1ccc(OC)c(OC)c1)C(C)=O. The molecule has 0 saturated carbocycles. The summed E-state index contributed by atoms with van der Waals surface area (Å²) in [6.45, 7) is 2.62. The standard InChI is InChI=1S/C21H26N2O5/c1-15(24)23(14-17-7-5-6-8-18(17)26-2)12-11-22-21(25)16-9-10-19(27-3)20(13-16)28-4/h5-10,13H,11-12,14H2,1-4H3,(H,22,25). The molecule has 7 nitrogen and oxygen atoms in total. The van der Waals surface area contributed by atoms with Crippen LogP contribution < -0.4 is 19.5 Å². The lowest BCUT2D eigenvalue weighted by Gasteiger charge is -2.22. The summed E-state index contributed by atoms with van der Waals surface area (Å²) in [5, 5.41) is 2.83. The summed E-state index contributed by atoms with van der Waals surface area (Å²) in [4.78, 5) is 26.0. The van der Waals surface area contributed by atoms with Crippen molar-refractivity contribution in [2.45, 2.75) is 13.5 Å². The average molecular weight is 386 g/mol. The predicted octanol–water partition coefficient (Wildman–Crippen LogP) is 2.49. The van der Waals surface area contributed by atoms with Gasteiger partial charge in [0.05, 0.1) is 21.3 Å². The average Bonchev–Trinajstić information content (AvgIpc) is 2.72. The van der Waals surface area contributed by atoms with Gasteiger partial charge in [-0.3, -0.25) is 9.59 Å². The van der Waals surface area contributed by atoms with Gasteiger partial charge in [-0.1, -0.05) is 18.2 Å². The van der Waals surface area contributed by atoms with Crippen molar-refractivity contribution >= 4 is 11.8 Å². The number of benzene rings is 2. The van der Waals surface area contributed by atoms with Crippen LogP contribution in [0.4, 0.5) is 0 Å². The molecule has 0 aliphatic heterocycles. The molecule has 0 bridgehead atoms. The zero-order chi connectivity index (χ0) is 20.5. The first-order valence-electron chi connectivity index (χ1n) is 8.87. The number of rotatable bonds is 9. The van der Waals surface area contributed by atoms with Crippen LogP contribution in [-0.2, 0) is 11.3 Å². The van der Waals surface area contributed by atoms with E-state index in [1.165, 1.54) is 21.1 Å². The Balaban J connectivity index is 1.97. The quantitative estimate of drug-likeness (QED) is 0.717. The molecule has 0 heterocycles. The van der Waals surface area contributed by atoms with Gasteiger partial charge in [0.25, 0.3) is 5.91 Å². The maximum absolute atomic E-state index is 12.4. The Kier molecular flexibility index (Phi) is 7.68. The summed E-state index contributed by atoms with van der Waals surface area (Å²) in [7, 11) is 4.65. The molecular formula is C21H26N2O5. The third kappa shape index (κ3) is 5.39. The fourth-order valence-corrected chi connectivity index (χ4v) is 2.77. The lowest BCUT2D eigenvalue weighted by atomic mass is 10.2. The van der Waals surface area contributed by atoms with E-state index in [1.54, 1.807) is 30.2 Å². The van der Waals surface area contributed by atoms with E-state index < -0.39 is 0 Å². The molecule has 0 aliphatic rings. The smallest absolute Gasteiger partial charge is 0.251 e. The van der Waals surface area contributed by atoms with Gasteiger partial charge in [-0.2, -0.15) is 0 Å². The van der Waals surface area contributed by atoms with Crippen molar-refractivity contribution in [1.82, 2.24) is 10.2 Å². The highest BCUT2D eigenvalue weighted by Gasteiger charge is 2.14. The number of hydrogen-bond donors (Lipinski definition) is 1. The zero-order valence-electron chi connectivity index (χ0n) is 16.7. The molecular weight excluding hydrogens is 360 g/mol. The van der Waals surface area contributed by atoms with Crippen molar-refractivity contribution in [3.05, 3.63) is 53.6 Å². The number of carbonyl (C=O) groups excluding carboxylic acids is 2. The van der Waals surface area contributed by atoms with Crippen molar-refractivity contribution < 1.29 is 23.8 Å². The first-order chi connectivity index (χ1) is 13.5. The van der Waals surface area contributed by atoms with Gasteiger partial charge >= 0.3 is 0 Å². The molecule has 0 spiro atoms. The summed E-state index contributed by atoms with van der Waals surface area (Å²) < 4.78 is 15.7. The van der Waals surface area contributed by atoms with Gasteiger partial charge in [-0.15, -0.1) is 0 Å². The molecule has 2 amide bonds. The molecule has 1 N–H and O–H groups in total. The van der Waals surface area contributed by atoms with Crippen LogP contribution in [0.3, 0.4) is 0 Å². The molecule has 0 saturated heterocycles. The molecule has 0 unspecified atom stereocenters. The van der Waals surface area contributed by atoms with Gasteiger partial charge in [-0.25, -0.2) is 0 Å². The van der Waals surface area contributed by atoms with Crippen LogP contribution in [0.5, 0.6) is 17.2 Å². The fourth-order valence-electron chi connectivity index (χ4n) is 2.77. The van der Waals surface area contributed by atoms with Crippen LogP contribution in [0.1, 0.15) is 22.8 Å². The molecule has 2 aromatic carbocycles. The van der Waals surface area contributed by atoms with Crippen LogP contribution in [0.15, 0.2) is 42.5 Å². The van der Waals surface area contributed by atoms with E-state index in [2.05, 4.69) is 5.32 Å². The Bertz CT molecular complexity index is 822. The van der Waals surface area contributed by atoms with E-state index in [1.807, 2.05) is 24.3 Å². The second kappa shape index (κ2) is 10.2. The number of nitrogens with zero attached hydrogens (tertiary/aromatic N) is 1. The second-order valence-corrected chi connectivity index (χ2v) is 6.08. The minimum Gasteiger partial charge on any atom is -0.496 e. The minimum absolute atomic E-state index is 0.0775. The van der Waals surface area contributed by atoms with Gasteiger partial charge in [0, 0.05) is 37.7 Å². The Morgan fingerprint density at radius 2 is 1.61 bits per heavy atom. The minimum atomic E-state index is -0.248. The summed E-state index contributed by atoms with van der Waals surface area (Å²) in [5.41, 5.74) is 1.36. The van der Waals surface area contributed by atoms with Crippen molar-refractivity contribution in [3.8, 4) is 17.2 Å². The molecule has 0 atom stereocenters. The number of amides is 2. The number of methoxy groups -OCH3 is 3. The van der Waals surface area contributed by atoms with E-state index in [4.69, 9.17) is 14.2 Å². The van der Waals surface area contributed by atoms with E-state index in [-0.39, 0.29) is 11.8 Å². The highest BCUT2D eigenvalue weighted by atomic mass is 16.5. The largest absolute Gasteiger partial charge is 0.496 e. The fraction of sp³-hybridized carbons (Fsp3) is 0.333. The van der Waals surface area contributed by atoms with Crippen LogP contribution in [-0.4, -0.2) is 51.1 Å². The molecule has 0 aliphatic carbocycles. The number of hydrogen-bond acceptors (Lipinski definition) is 5. The van der Waals surface area contributed by atoms with Gasteiger partial charge in [0.1, 0.15) is 5.75 Å². The van der Waals surface area contributed by atoms with Gasteiger partial charge in [0.15, 0.2) is 11.5 Å². The number of carbonyl (C=O) groups is 2. The van der Waals surface area contributed by atoms with Crippen molar-refractivity contribution in [1.29, 1.82) is 0 Å². The number of ether oxygens (including phenoxy) is 3.